The van der Waals surface area contributed by atoms with E-state index in [4.69, 9.17) is 9.72 Å². The van der Waals surface area contributed by atoms with Crippen LogP contribution in [0.5, 0.6) is 11.5 Å². The summed E-state index contributed by atoms with van der Waals surface area (Å²) < 4.78 is 8.90. The van der Waals surface area contributed by atoms with Gasteiger partial charge in [-0.15, -0.1) is 48.1 Å². The summed E-state index contributed by atoms with van der Waals surface area (Å²) in [7, 11) is 0. The smallest absolute Gasteiger partial charge is 0.136 e. The van der Waals surface area contributed by atoms with Gasteiger partial charge in [-0.1, -0.05) is 165 Å². The topological polar surface area (TPSA) is 33.5 Å². The van der Waals surface area contributed by atoms with Crippen molar-refractivity contribution in [2.45, 2.75) is 33.1 Å². The first-order valence-electron chi connectivity index (χ1n) is 22.4. The zero-order chi connectivity index (χ0) is 44.8. The van der Waals surface area contributed by atoms with Crippen LogP contribution in [0.25, 0.3) is 66.7 Å². The Morgan fingerprint density at radius 2 is 1.22 bits per heavy atom. The molecule has 8 aromatic carbocycles. The van der Waals surface area contributed by atoms with Crippen LogP contribution in [0, 0.1) is 25.7 Å². The Morgan fingerprint density at radius 1 is 0.582 bits per heavy atom. The summed E-state index contributed by atoms with van der Waals surface area (Å²) in [5.41, 5.74) is 15.4. The second kappa shape index (κ2) is 18.1. The van der Waals surface area contributed by atoms with E-state index in [1.165, 1.54) is 11.1 Å². The number of aryl methyl sites for hydroxylation is 1. The summed E-state index contributed by atoms with van der Waals surface area (Å²) in [4.78, 5) is 9.43. The molecule has 0 radical (unpaired) electrons. The number of ether oxygens (including phenoxy) is 1. The molecule has 3 heterocycles. The minimum absolute atomic E-state index is 0. The molecule has 2 aromatic heterocycles. The summed E-state index contributed by atoms with van der Waals surface area (Å²) >= 11 is 0. The number of anilines is 2. The van der Waals surface area contributed by atoms with Crippen LogP contribution in [0.3, 0.4) is 0 Å². The minimum Gasteiger partial charge on any atom is -0.509 e. The van der Waals surface area contributed by atoms with Crippen LogP contribution in [0.4, 0.5) is 11.4 Å². The van der Waals surface area contributed by atoms with Gasteiger partial charge in [-0.2, -0.15) is 12.1 Å². The first-order chi connectivity index (χ1) is 32.3. The van der Waals surface area contributed by atoms with E-state index in [9.17, 15) is 0 Å². The van der Waals surface area contributed by atoms with E-state index in [1.807, 2.05) is 24.4 Å². The Bertz CT molecular complexity index is 3370. The molecule has 67 heavy (non-hydrogen) atoms. The van der Waals surface area contributed by atoms with Crippen LogP contribution in [0.2, 0.25) is 0 Å². The molecule has 1 aliphatic rings. The van der Waals surface area contributed by atoms with Crippen molar-refractivity contribution in [3.05, 3.63) is 242 Å². The van der Waals surface area contributed by atoms with Gasteiger partial charge in [-0.3, -0.25) is 0 Å². The molecular formula is C61H47N4OPt-3. The molecule has 0 N–H and O–H groups in total. The molecule has 0 spiro atoms. The van der Waals surface area contributed by atoms with Crippen molar-refractivity contribution in [3.63, 3.8) is 0 Å². The van der Waals surface area contributed by atoms with E-state index in [0.717, 1.165) is 83.6 Å². The molecule has 0 fully saturated rings. The van der Waals surface area contributed by atoms with Crippen LogP contribution in [-0.2, 0) is 26.5 Å². The fraction of sp³-hybridized carbons (Fsp3) is 0.0820. The number of pyridine rings is 1. The molecule has 0 amide bonds. The van der Waals surface area contributed by atoms with Crippen LogP contribution < -0.4 is 14.5 Å². The Hall–Kier alpha value is -7.46. The molecule has 1 aliphatic heterocycles. The SMILES string of the molecule is Cc1cccc2c1c1ccc(Oc3[c-]c(N4C=C(c5ccccc5)N(c5cccc(C(C)(C)C)c5)[CH-]4)ccc3)[c-]c1n2-c1cc(-c2c(-c3ccccc3)cccc2-c2ccccc2)ccn1.[Pt]. The van der Waals surface area contributed by atoms with E-state index in [-0.39, 0.29) is 26.5 Å². The normalized spacial score (nSPS) is 12.6. The molecule has 0 saturated carbocycles. The number of aromatic nitrogens is 2. The Balaban J connectivity index is 0.00000525. The minimum atomic E-state index is 0. The van der Waals surface area contributed by atoms with Gasteiger partial charge >= 0.3 is 0 Å². The van der Waals surface area contributed by atoms with Gasteiger partial charge in [0.2, 0.25) is 0 Å². The summed E-state index contributed by atoms with van der Waals surface area (Å²) in [5, 5.41) is 2.24. The van der Waals surface area contributed by atoms with Crippen LogP contribution in [-0.4, -0.2) is 9.55 Å². The number of rotatable bonds is 9. The Kier molecular flexibility index (Phi) is 11.7. The van der Waals surface area contributed by atoms with E-state index in [0.29, 0.717) is 11.5 Å². The molecule has 0 saturated heterocycles. The summed E-state index contributed by atoms with van der Waals surface area (Å²) in [6.45, 7) is 11.0. The number of benzene rings is 8. The molecule has 0 aliphatic carbocycles. The van der Waals surface area contributed by atoms with Gasteiger partial charge in [-0.25, -0.2) is 4.98 Å². The van der Waals surface area contributed by atoms with Crippen molar-refractivity contribution < 1.29 is 25.8 Å². The molecule has 0 unspecified atom stereocenters. The number of hydrogen-bond acceptors (Lipinski definition) is 4. The average molecular weight is 1050 g/mol. The zero-order valence-corrected chi connectivity index (χ0v) is 40.0. The zero-order valence-electron chi connectivity index (χ0n) is 37.7. The largest absolute Gasteiger partial charge is 0.509 e. The maximum absolute atomic E-state index is 6.68. The summed E-state index contributed by atoms with van der Waals surface area (Å²) in [6.07, 6.45) is 4.08. The maximum Gasteiger partial charge on any atom is 0.136 e. The average Bonchev–Trinajstić information content (AvgIpc) is 3.95. The van der Waals surface area contributed by atoms with Crippen molar-refractivity contribution in [1.29, 1.82) is 0 Å². The van der Waals surface area contributed by atoms with Crippen molar-refractivity contribution in [2.24, 2.45) is 0 Å². The van der Waals surface area contributed by atoms with Gasteiger partial charge in [0.15, 0.2) is 0 Å². The third kappa shape index (κ3) is 8.37. The third-order valence-corrected chi connectivity index (χ3v) is 12.5. The molecule has 0 bridgehead atoms. The Morgan fingerprint density at radius 3 is 1.93 bits per heavy atom. The first kappa shape index (κ1) is 43.4. The second-order valence-corrected chi connectivity index (χ2v) is 17.8. The monoisotopic (exact) mass is 1050 g/mol. The second-order valence-electron chi connectivity index (χ2n) is 17.8. The van der Waals surface area contributed by atoms with Gasteiger partial charge in [0.25, 0.3) is 0 Å². The maximum atomic E-state index is 6.68. The predicted octanol–water partition coefficient (Wildman–Crippen LogP) is 15.6. The molecule has 11 rings (SSSR count). The molecular weight excluding hydrogens is 1000 g/mol. The summed E-state index contributed by atoms with van der Waals surface area (Å²) in [6, 6.07) is 75.3. The Labute approximate surface area is 407 Å². The standard InChI is InChI=1S/C61H47N4O.Pt/c1-42-18-14-31-55-59(42)54-33-32-51(66-50-28-16-26-48(38-50)63-40-57(45-23-12-7-13-24-45)64(41-63)49-27-15-25-47(37-49)61(2,3)4)39-56(54)65(55)58-36-46(34-35-62-58)60-52(43-19-8-5-9-20-43)29-17-30-53(60)44-21-10-6-11-22-44;/h5-37,40-41H,1-4H3;/q-3;. The number of hydrogen-bond donors (Lipinski definition) is 0. The predicted molar refractivity (Wildman–Crippen MR) is 273 cm³/mol. The fourth-order valence-corrected chi connectivity index (χ4v) is 9.19. The van der Waals surface area contributed by atoms with Gasteiger partial charge in [0.1, 0.15) is 5.82 Å². The first-order valence-corrected chi connectivity index (χ1v) is 22.4. The number of nitrogens with zero attached hydrogens (tertiary/aromatic N) is 4. The van der Waals surface area contributed by atoms with E-state index in [2.05, 4.69) is 243 Å². The van der Waals surface area contributed by atoms with E-state index in [1.54, 1.807) is 0 Å². The van der Waals surface area contributed by atoms with E-state index >= 15 is 0 Å². The molecule has 6 heteroatoms. The van der Waals surface area contributed by atoms with Gasteiger partial charge < -0.3 is 19.1 Å². The third-order valence-electron chi connectivity index (χ3n) is 12.5. The van der Waals surface area contributed by atoms with Gasteiger partial charge in [0, 0.05) is 55.7 Å². The summed E-state index contributed by atoms with van der Waals surface area (Å²) in [5.74, 6) is 1.97. The molecule has 5 nitrogen and oxygen atoms in total. The quantitative estimate of drug-likeness (QED) is 0.135. The fourth-order valence-electron chi connectivity index (χ4n) is 9.19. The van der Waals surface area contributed by atoms with Crippen LogP contribution >= 0.6 is 0 Å². The molecule has 10 aromatic rings. The van der Waals surface area contributed by atoms with Crippen molar-refractivity contribution in [3.8, 4) is 50.7 Å². The van der Waals surface area contributed by atoms with Crippen LogP contribution in [0.15, 0.2) is 207 Å². The van der Waals surface area contributed by atoms with Gasteiger partial charge in [-0.05, 0) is 98.8 Å². The van der Waals surface area contributed by atoms with E-state index < -0.39 is 0 Å². The number of fused-ring (bicyclic) bond motifs is 3. The van der Waals surface area contributed by atoms with Crippen LogP contribution in [0.1, 0.15) is 37.5 Å². The van der Waals surface area contributed by atoms with Gasteiger partial charge in [0.05, 0.1) is 0 Å². The van der Waals surface area contributed by atoms with Crippen molar-refractivity contribution >= 4 is 38.9 Å². The van der Waals surface area contributed by atoms with Crippen molar-refractivity contribution in [1.82, 2.24) is 9.55 Å². The molecule has 0 atom stereocenters. The van der Waals surface area contributed by atoms with Crippen molar-refractivity contribution in [2.75, 3.05) is 9.80 Å². The molecule has 330 valence electrons.